The van der Waals surface area contributed by atoms with Gasteiger partial charge in [0.25, 0.3) is 0 Å². The highest BCUT2D eigenvalue weighted by Gasteiger charge is 2.69. The maximum absolute atomic E-state index is 13.8. The quantitative estimate of drug-likeness (QED) is 0.837. The van der Waals surface area contributed by atoms with Gasteiger partial charge in [-0.2, -0.15) is 13.2 Å². The molecule has 1 saturated heterocycles. The average Bonchev–Trinajstić information content (AvgIpc) is 2.93. The minimum atomic E-state index is -4.26. The molecule has 0 radical (unpaired) electrons. The minimum absolute atomic E-state index is 0.0188. The van der Waals surface area contributed by atoms with Crippen LogP contribution < -0.4 is 0 Å². The smallest absolute Gasteiger partial charge is 0.394 e. The zero-order valence-electron chi connectivity index (χ0n) is 13.4. The number of rotatable bonds is 2. The molecule has 5 fully saturated rings. The Balaban J connectivity index is 1.61. The van der Waals surface area contributed by atoms with Gasteiger partial charge in [-0.3, -0.25) is 9.59 Å². The second kappa shape index (κ2) is 4.88. The van der Waals surface area contributed by atoms with Gasteiger partial charge in [0.05, 0.1) is 16.7 Å². The van der Waals surface area contributed by atoms with Crippen molar-refractivity contribution in [3.63, 3.8) is 0 Å². The van der Waals surface area contributed by atoms with Gasteiger partial charge >= 0.3 is 12.1 Å². The topological polar surface area (TPSA) is 57.6 Å². The average molecular weight is 345 g/mol. The van der Waals surface area contributed by atoms with E-state index in [1.165, 1.54) is 4.90 Å². The van der Waals surface area contributed by atoms with E-state index in [2.05, 4.69) is 0 Å². The van der Waals surface area contributed by atoms with Crippen molar-refractivity contribution in [3.05, 3.63) is 0 Å². The number of amides is 1. The van der Waals surface area contributed by atoms with Crippen LogP contribution in [0.15, 0.2) is 0 Å². The van der Waals surface area contributed by atoms with Gasteiger partial charge < -0.3 is 10.0 Å². The van der Waals surface area contributed by atoms with E-state index in [-0.39, 0.29) is 43.6 Å². The Hall–Kier alpha value is -1.27. The molecule has 4 aliphatic carbocycles. The number of carboxylic acid groups (broad SMARTS) is 1. The molecule has 24 heavy (non-hydrogen) atoms. The van der Waals surface area contributed by atoms with E-state index in [1.54, 1.807) is 0 Å². The first-order valence-corrected chi connectivity index (χ1v) is 8.73. The lowest BCUT2D eigenvalue weighted by atomic mass is 9.43. The standard InChI is InChI=1S/C17H22F3NO3/c18-17(19,20)16-6-10-3-11(7-16)5-15(4-10,9-16)14(24)21-2-1-12(8-21)13(22)23/h10-12H,1-9H2,(H,22,23). The van der Waals surface area contributed by atoms with E-state index < -0.39 is 28.9 Å². The van der Waals surface area contributed by atoms with Crippen LogP contribution in [0.2, 0.25) is 0 Å². The van der Waals surface area contributed by atoms with Crippen LogP contribution in [0.1, 0.15) is 44.9 Å². The van der Waals surface area contributed by atoms with Crippen LogP contribution in [-0.2, 0) is 9.59 Å². The molecule has 1 heterocycles. The number of halogens is 3. The van der Waals surface area contributed by atoms with Gasteiger partial charge in [0.2, 0.25) is 5.91 Å². The molecule has 3 atom stereocenters. The summed E-state index contributed by atoms with van der Waals surface area (Å²) in [6.07, 6.45) is -1.71. The monoisotopic (exact) mass is 345 g/mol. The van der Waals surface area contributed by atoms with Crippen molar-refractivity contribution in [1.29, 1.82) is 0 Å². The fourth-order valence-electron chi connectivity index (χ4n) is 6.33. The summed E-state index contributed by atoms with van der Waals surface area (Å²) < 4.78 is 41.3. The summed E-state index contributed by atoms with van der Waals surface area (Å²) in [5.41, 5.74) is -2.61. The number of hydrogen-bond donors (Lipinski definition) is 1. The van der Waals surface area contributed by atoms with Crippen LogP contribution in [0.4, 0.5) is 13.2 Å². The molecule has 3 unspecified atom stereocenters. The number of carbonyl (C=O) groups is 2. The first-order valence-electron chi connectivity index (χ1n) is 8.73. The van der Waals surface area contributed by atoms with Crippen LogP contribution in [0.5, 0.6) is 0 Å². The van der Waals surface area contributed by atoms with E-state index in [1.807, 2.05) is 0 Å². The highest BCUT2D eigenvalue weighted by atomic mass is 19.4. The molecule has 5 aliphatic rings. The van der Waals surface area contributed by atoms with E-state index >= 15 is 0 Å². The first-order chi connectivity index (χ1) is 11.1. The second-order valence-corrected chi connectivity index (χ2v) is 8.59. The number of aliphatic carboxylic acids is 1. The molecule has 0 aromatic carbocycles. The summed E-state index contributed by atoms with van der Waals surface area (Å²) in [7, 11) is 0. The second-order valence-electron chi connectivity index (χ2n) is 8.59. The lowest BCUT2D eigenvalue weighted by molar-refractivity contribution is -0.284. The maximum Gasteiger partial charge on any atom is 0.394 e. The summed E-state index contributed by atoms with van der Waals surface area (Å²) in [5, 5.41) is 9.11. The van der Waals surface area contributed by atoms with Gasteiger partial charge in [-0.15, -0.1) is 0 Å². The summed E-state index contributed by atoms with van der Waals surface area (Å²) >= 11 is 0. The number of alkyl halides is 3. The van der Waals surface area contributed by atoms with Crippen LogP contribution in [0.3, 0.4) is 0 Å². The predicted octanol–water partition coefficient (Wildman–Crippen LogP) is 3.07. The lowest BCUT2D eigenvalue weighted by Gasteiger charge is -2.61. The summed E-state index contributed by atoms with van der Waals surface area (Å²) in [4.78, 5) is 25.7. The molecule has 7 heteroatoms. The van der Waals surface area contributed by atoms with E-state index in [0.29, 0.717) is 25.8 Å². The van der Waals surface area contributed by atoms with E-state index in [4.69, 9.17) is 5.11 Å². The summed E-state index contributed by atoms with van der Waals surface area (Å²) in [6, 6.07) is 0. The Kier molecular flexibility index (Phi) is 3.30. The van der Waals surface area contributed by atoms with Crippen molar-refractivity contribution in [3.8, 4) is 0 Å². The molecule has 0 aromatic heterocycles. The highest BCUT2D eigenvalue weighted by Crippen LogP contribution is 2.69. The van der Waals surface area contributed by atoms with Gasteiger partial charge in [0, 0.05) is 13.1 Å². The third kappa shape index (κ3) is 2.19. The molecule has 1 N–H and O–H groups in total. The molecule has 1 aliphatic heterocycles. The zero-order valence-corrected chi connectivity index (χ0v) is 13.4. The summed E-state index contributed by atoms with van der Waals surface area (Å²) in [6.45, 7) is 0.496. The normalized spacial score (nSPS) is 44.1. The molecular weight excluding hydrogens is 323 g/mol. The predicted molar refractivity (Wildman–Crippen MR) is 77.9 cm³/mol. The number of likely N-dealkylation sites (tertiary alicyclic amines) is 1. The van der Waals surface area contributed by atoms with Crippen molar-refractivity contribution in [2.75, 3.05) is 13.1 Å². The van der Waals surface area contributed by atoms with Crippen LogP contribution in [-0.4, -0.2) is 41.1 Å². The highest BCUT2D eigenvalue weighted by molar-refractivity contribution is 5.84. The number of nitrogens with zero attached hydrogens (tertiary/aromatic N) is 1. The largest absolute Gasteiger partial charge is 0.481 e. The Morgan fingerprint density at radius 2 is 1.71 bits per heavy atom. The van der Waals surface area contributed by atoms with Gasteiger partial charge in [-0.1, -0.05) is 0 Å². The molecule has 4 saturated carbocycles. The molecule has 0 spiro atoms. The maximum atomic E-state index is 13.8. The molecule has 5 rings (SSSR count). The van der Waals surface area contributed by atoms with E-state index in [9.17, 15) is 22.8 Å². The molecule has 4 nitrogen and oxygen atoms in total. The fourth-order valence-corrected chi connectivity index (χ4v) is 6.33. The number of hydrogen-bond acceptors (Lipinski definition) is 2. The molecule has 134 valence electrons. The SMILES string of the molecule is O=C(O)C1CCN(C(=O)C23CC4CC(C2)CC(C(F)(F)F)(C4)C3)C1. The molecule has 0 aromatic rings. The Morgan fingerprint density at radius 3 is 2.21 bits per heavy atom. The van der Waals surface area contributed by atoms with Crippen molar-refractivity contribution >= 4 is 11.9 Å². The van der Waals surface area contributed by atoms with Crippen molar-refractivity contribution in [1.82, 2.24) is 4.90 Å². The number of carbonyl (C=O) groups excluding carboxylic acids is 1. The zero-order chi connectivity index (χ0) is 17.3. The van der Waals surface area contributed by atoms with Gasteiger partial charge in [-0.05, 0) is 56.8 Å². The van der Waals surface area contributed by atoms with Gasteiger partial charge in [0.15, 0.2) is 0 Å². The fraction of sp³-hybridized carbons (Fsp3) is 0.882. The minimum Gasteiger partial charge on any atom is -0.481 e. The summed E-state index contributed by atoms with van der Waals surface area (Å²) in [5.74, 6) is -1.76. The third-order valence-electron chi connectivity index (χ3n) is 6.94. The lowest BCUT2D eigenvalue weighted by Crippen LogP contribution is -2.61. The Morgan fingerprint density at radius 1 is 1.08 bits per heavy atom. The van der Waals surface area contributed by atoms with Gasteiger partial charge in [-0.25, -0.2) is 0 Å². The van der Waals surface area contributed by atoms with Crippen molar-refractivity contribution < 1.29 is 27.9 Å². The molecular formula is C17H22F3NO3. The Bertz CT molecular complexity index is 574. The third-order valence-corrected chi connectivity index (χ3v) is 6.94. The van der Waals surface area contributed by atoms with Crippen molar-refractivity contribution in [2.24, 2.45) is 28.6 Å². The van der Waals surface area contributed by atoms with Gasteiger partial charge in [0.1, 0.15) is 0 Å². The molecule has 4 bridgehead atoms. The van der Waals surface area contributed by atoms with Crippen LogP contribution in [0.25, 0.3) is 0 Å². The first kappa shape index (κ1) is 16.2. The molecule has 1 amide bonds. The number of carboxylic acids is 1. The van der Waals surface area contributed by atoms with E-state index in [0.717, 1.165) is 6.42 Å². The van der Waals surface area contributed by atoms with Crippen LogP contribution >= 0.6 is 0 Å². The van der Waals surface area contributed by atoms with Crippen LogP contribution in [0, 0.1) is 28.6 Å². The van der Waals surface area contributed by atoms with Crippen molar-refractivity contribution in [2.45, 2.75) is 51.1 Å². The Labute approximate surface area is 138 Å².